The Hall–Kier alpha value is -2.08. The lowest BCUT2D eigenvalue weighted by molar-refractivity contribution is -0.301. The Balaban J connectivity index is 1.78. The van der Waals surface area contributed by atoms with E-state index in [4.69, 9.17) is 9.47 Å². The molecule has 1 saturated heterocycles. The summed E-state index contributed by atoms with van der Waals surface area (Å²) in [6.07, 6.45) is 8.36. The predicted octanol–water partition coefficient (Wildman–Crippen LogP) is 3.13. The Morgan fingerprint density at radius 1 is 0.837 bits per heavy atom. The maximum atomic E-state index is 13.0. The first-order valence-corrected chi connectivity index (χ1v) is 16.4. The molecule has 0 unspecified atom stereocenters. The van der Waals surface area contributed by atoms with E-state index in [9.17, 15) is 30.0 Å². The first-order valence-electron chi connectivity index (χ1n) is 16.4. The molecule has 1 aliphatic rings. The van der Waals surface area contributed by atoms with Crippen molar-refractivity contribution >= 4 is 11.8 Å². The molecule has 1 aromatic rings. The van der Waals surface area contributed by atoms with Crippen LogP contribution in [0.15, 0.2) is 30.3 Å². The number of benzene rings is 1. The third-order valence-electron chi connectivity index (χ3n) is 7.97. The molecule has 2 rings (SSSR count). The molecule has 0 bridgehead atoms. The zero-order valence-corrected chi connectivity index (χ0v) is 26.0. The molecular formula is C33H56N2O8. The smallest absolute Gasteiger partial charge is 0.244 e. The second kappa shape index (κ2) is 22.4. The van der Waals surface area contributed by atoms with Gasteiger partial charge in [-0.3, -0.25) is 9.59 Å². The molecular weight excluding hydrogens is 552 g/mol. The van der Waals surface area contributed by atoms with Gasteiger partial charge < -0.3 is 40.5 Å². The number of ether oxygens (including phenoxy) is 2. The van der Waals surface area contributed by atoms with Crippen LogP contribution in [0.3, 0.4) is 0 Å². The first kappa shape index (κ1) is 37.1. The summed E-state index contributed by atoms with van der Waals surface area (Å²) in [7, 11) is 0. The topological polar surface area (TPSA) is 158 Å². The van der Waals surface area contributed by atoms with Crippen LogP contribution in [0.1, 0.15) is 102 Å². The highest BCUT2D eigenvalue weighted by molar-refractivity contribution is 5.87. The number of aryl methyl sites for hydroxylation is 1. The summed E-state index contributed by atoms with van der Waals surface area (Å²) >= 11 is 0. The van der Waals surface area contributed by atoms with E-state index in [1.807, 2.05) is 18.2 Å². The molecule has 0 radical (unpaired) electrons. The molecule has 0 aromatic heterocycles. The van der Waals surface area contributed by atoms with Gasteiger partial charge in [0.25, 0.3) is 0 Å². The van der Waals surface area contributed by atoms with Crippen molar-refractivity contribution in [3.63, 3.8) is 0 Å². The summed E-state index contributed by atoms with van der Waals surface area (Å²) in [6, 6.07) is 9.14. The zero-order chi connectivity index (χ0) is 31.3. The minimum atomic E-state index is -1.59. The monoisotopic (exact) mass is 608 g/mol. The molecule has 1 aromatic carbocycles. The van der Waals surface area contributed by atoms with E-state index in [-0.39, 0.29) is 18.9 Å². The lowest BCUT2D eigenvalue weighted by Crippen LogP contribution is -2.60. The van der Waals surface area contributed by atoms with Crippen LogP contribution >= 0.6 is 0 Å². The van der Waals surface area contributed by atoms with E-state index >= 15 is 0 Å². The average Bonchev–Trinajstić information content (AvgIpc) is 3.01. The summed E-state index contributed by atoms with van der Waals surface area (Å²) in [5.41, 5.74) is 1.26. The van der Waals surface area contributed by atoms with Crippen molar-refractivity contribution in [2.45, 2.75) is 140 Å². The van der Waals surface area contributed by atoms with Gasteiger partial charge in [0, 0.05) is 13.0 Å². The quantitative estimate of drug-likeness (QED) is 0.104. The molecule has 10 heteroatoms. The number of aliphatic hydroxyl groups is 4. The van der Waals surface area contributed by atoms with Crippen molar-refractivity contribution < 1.29 is 39.5 Å². The van der Waals surface area contributed by atoms with Gasteiger partial charge in [0.1, 0.15) is 30.5 Å². The summed E-state index contributed by atoms with van der Waals surface area (Å²) in [5, 5.41) is 45.4. The number of unbranched alkanes of at least 4 members (excludes halogenated alkanes) is 11. The maximum absolute atomic E-state index is 13.0. The molecule has 246 valence electrons. The number of amides is 2. The van der Waals surface area contributed by atoms with Gasteiger partial charge in [-0.15, -0.1) is 0 Å². The normalized spacial score (nSPS) is 22.7. The van der Waals surface area contributed by atoms with E-state index in [1.54, 1.807) is 0 Å². The van der Waals surface area contributed by atoms with Crippen LogP contribution in [0.2, 0.25) is 0 Å². The highest BCUT2D eigenvalue weighted by atomic mass is 16.7. The van der Waals surface area contributed by atoms with Gasteiger partial charge in [0.15, 0.2) is 6.29 Å². The van der Waals surface area contributed by atoms with E-state index in [0.29, 0.717) is 13.0 Å². The fourth-order valence-electron chi connectivity index (χ4n) is 5.23. The molecule has 43 heavy (non-hydrogen) atoms. The third kappa shape index (κ3) is 15.0. The molecule has 1 fully saturated rings. The SMILES string of the molecule is CCCCCCCCCCCCNC(=O)[C@H](CO[C@H]1O[C@H](CO)[C@H](O)[C@H](O)[C@H]1O)NC(=O)CCCCCc1ccccc1. The number of rotatable bonds is 23. The fourth-order valence-corrected chi connectivity index (χ4v) is 5.23. The summed E-state index contributed by atoms with van der Waals surface area (Å²) in [6.45, 7) is 1.79. The Bertz CT molecular complexity index is 872. The van der Waals surface area contributed by atoms with Crippen LogP contribution in [0.4, 0.5) is 0 Å². The largest absolute Gasteiger partial charge is 0.394 e. The van der Waals surface area contributed by atoms with Crippen molar-refractivity contribution in [2.24, 2.45) is 0 Å². The number of nitrogens with one attached hydrogen (secondary N) is 2. The molecule has 2 amide bonds. The van der Waals surface area contributed by atoms with Gasteiger partial charge in [-0.05, 0) is 31.2 Å². The van der Waals surface area contributed by atoms with Crippen molar-refractivity contribution in [1.82, 2.24) is 10.6 Å². The van der Waals surface area contributed by atoms with E-state index < -0.39 is 49.3 Å². The molecule has 6 atom stereocenters. The van der Waals surface area contributed by atoms with Crippen molar-refractivity contribution in [3.8, 4) is 0 Å². The zero-order valence-electron chi connectivity index (χ0n) is 26.0. The van der Waals surface area contributed by atoms with E-state index in [2.05, 4.69) is 29.7 Å². The highest BCUT2D eigenvalue weighted by Crippen LogP contribution is 2.22. The molecule has 0 spiro atoms. The molecule has 1 heterocycles. The Morgan fingerprint density at radius 2 is 1.47 bits per heavy atom. The predicted molar refractivity (Wildman–Crippen MR) is 165 cm³/mol. The number of carbonyl (C=O) groups excluding carboxylic acids is 2. The summed E-state index contributed by atoms with van der Waals surface area (Å²) in [4.78, 5) is 25.8. The minimum absolute atomic E-state index is 0.261. The van der Waals surface area contributed by atoms with Crippen LogP contribution in [0.5, 0.6) is 0 Å². The second-order valence-electron chi connectivity index (χ2n) is 11.7. The van der Waals surface area contributed by atoms with Gasteiger partial charge in [0.05, 0.1) is 13.2 Å². The lowest BCUT2D eigenvalue weighted by atomic mass is 9.99. The van der Waals surface area contributed by atoms with Crippen molar-refractivity contribution in [2.75, 3.05) is 19.8 Å². The maximum Gasteiger partial charge on any atom is 0.244 e. The number of hydrogen-bond acceptors (Lipinski definition) is 8. The number of hydrogen-bond donors (Lipinski definition) is 6. The molecule has 10 nitrogen and oxygen atoms in total. The molecule has 0 saturated carbocycles. The van der Waals surface area contributed by atoms with Gasteiger partial charge in [-0.1, -0.05) is 101 Å². The summed E-state index contributed by atoms with van der Waals surface area (Å²) in [5.74, 6) is -0.686. The average molecular weight is 609 g/mol. The standard InChI is InChI=1S/C33H56N2O8/c1-2-3-4-5-6-7-8-9-10-17-22-34-32(41)26(24-42-33-31(40)30(39)29(38)27(23-36)43-33)35-28(37)21-16-12-15-20-25-18-13-11-14-19-25/h11,13-14,18-19,26-27,29-31,33,36,38-40H,2-10,12,15-17,20-24H2,1H3,(H,34,41)(H,35,37)/t26-,27+,29-,30-,31+,33-/m0/s1. The fraction of sp³-hybridized carbons (Fsp3) is 0.758. The summed E-state index contributed by atoms with van der Waals surface area (Å²) < 4.78 is 11.0. The molecule has 6 N–H and O–H groups in total. The Morgan fingerprint density at radius 3 is 2.12 bits per heavy atom. The van der Waals surface area contributed by atoms with Crippen LogP contribution in [0.25, 0.3) is 0 Å². The Labute approximate surface area is 257 Å². The van der Waals surface area contributed by atoms with E-state index in [0.717, 1.165) is 38.5 Å². The second-order valence-corrected chi connectivity index (χ2v) is 11.7. The van der Waals surface area contributed by atoms with Crippen molar-refractivity contribution in [3.05, 3.63) is 35.9 Å². The third-order valence-corrected chi connectivity index (χ3v) is 7.97. The van der Waals surface area contributed by atoms with Gasteiger partial charge in [0.2, 0.25) is 11.8 Å². The number of carbonyl (C=O) groups is 2. The van der Waals surface area contributed by atoms with Gasteiger partial charge in [-0.2, -0.15) is 0 Å². The van der Waals surface area contributed by atoms with Crippen molar-refractivity contribution in [1.29, 1.82) is 0 Å². The number of aliphatic hydroxyl groups excluding tert-OH is 4. The van der Waals surface area contributed by atoms with Gasteiger partial charge in [-0.25, -0.2) is 0 Å². The van der Waals surface area contributed by atoms with Crippen LogP contribution in [-0.4, -0.2) is 88.7 Å². The lowest BCUT2D eigenvalue weighted by Gasteiger charge is -2.39. The highest BCUT2D eigenvalue weighted by Gasteiger charge is 2.44. The van der Waals surface area contributed by atoms with Crippen LogP contribution in [0, 0.1) is 0 Å². The molecule has 1 aliphatic heterocycles. The minimum Gasteiger partial charge on any atom is -0.394 e. The van der Waals surface area contributed by atoms with Crippen LogP contribution < -0.4 is 10.6 Å². The molecule has 0 aliphatic carbocycles. The van der Waals surface area contributed by atoms with Crippen LogP contribution in [-0.2, 0) is 25.5 Å². The Kier molecular flexibility index (Phi) is 19.4. The van der Waals surface area contributed by atoms with Gasteiger partial charge >= 0.3 is 0 Å². The van der Waals surface area contributed by atoms with E-state index in [1.165, 1.54) is 50.5 Å². The first-order chi connectivity index (χ1) is 20.9.